The molecule has 1 aromatic carbocycles. The molecule has 4 nitrogen and oxygen atoms in total. The van der Waals surface area contributed by atoms with E-state index in [2.05, 4.69) is 15.3 Å². The topological polar surface area (TPSA) is 58.0 Å². The normalized spacial score (nSPS) is 13.8. The number of nitrogens with zero attached hydrogens (tertiary/aromatic N) is 2. The Kier molecular flexibility index (Phi) is 3.94. The number of anilines is 1. The molecule has 0 aliphatic heterocycles. The van der Waals surface area contributed by atoms with Gasteiger partial charge in [-0.25, -0.2) is 13.8 Å². The maximum Gasteiger partial charge on any atom is 0.144 e. The molecular weight excluding hydrogens is 264 g/mol. The maximum atomic E-state index is 13.7. The summed E-state index contributed by atoms with van der Waals surface area (Å²) in [7, 11) is 0. The highest BCUT2D eigenvalue weighted by Gasteiger charge is 2.26. The first-order valence-electron chi connectivity index (χ1n) is 6.09. The minimum absolute atomic E-state index is 0.0204. The minimum Gasteiger partial charge on any atom is -0.383 e. The zero-order chi connectivity index (χ0) is 14.8. The number of nitrogens with one attached hydrogen (secondary N) is 1. The van der Waals surface area contributed by atoms with Crippen LogP contribution >= 0.6 is 0 Å². The maximum absolute atomic E-state index is 13.7. The minimum atomic E-state index is -1.50. The van der Waals surface area contributed by atoms with Gasteiger partial charge in [0.05, 0.1) is 11.9 Å². The number of aryl methyl sites for hydroxylation is 1. The lowest BCUT2D eigenvalue weighted by atomic mass is 9.95. The molecule has 0 bridgehead atoms. The van der Waals surface area contributed by atoms with Crippen molar-refractivity contribution in [2.24, 2.45) is 0 Å². The molecule has 106 valence electrons. The molecule has 0 aliphatic carbocycles. The van der Waals surface area contributed by atoms with Crippen molar-refractivity contribution in [3.63, 3.8) is 0 Å². The van der Waals surface area contributed by atoms with Crippen LogP contribution in [-0.4, -0.2) is 21.6 Å². The van der Waals surface area contributed by atoms with Crippen LogP contribution in [0.1, 0.15) is 18.2 Å². The Balaban J connectivity index is 2.14. The van der Waals surface area contributed by atoms with Crippen LogP contribution in [0.4, 0.5) is 14.6 Å². The van der Waals surface area contributed by atoms with Crippen LogP contribution in [0.25, 0.3) is 0 Å². The Morgan fingerprint density at radius 3 is 2.70 bits per heavy atom. The number of aromatic nitrogens is 2. The zero-order valence-corrected chi connectivity index (χ0v) is 11.2. The first-order valence-corrected chi connectivity index (χ1v) is 6.09. The third-order valence-corrected chi connectivity index (χ3v) is 2.88. The van der Waals surface area contributed by atoms with Gasteiger partial charge in [-0.05, 0) is 19.9 Å². The summed E-state index contributed by atoms with van der Waals surface area (Å²) in [6, 6.07) is 3.09. The van der Waals surface area contributed by atoms with Crippen molar-refractivity contribution >= 4 is 5.82 Å². The number of aliphatic hydroxyl groups is 1. The number of benzene rings is 1. The van der Waals surface area contributed by atoms with Crippen LogP contribution < -0.4 is 5.32 Å². The fourth-order valence-corrected chi connectivity index (χ4v) is 1.83. The average molecular weight is 279 g/mol. The van der Waals surface area contributed by atoms with Gasteiger partial charge in [-0.3, -0.25) is 4.98 Å². The SMILES string of the molecule is Cc1cncc(NCC(C)(O)c2ccc(F)cc2F)n1. The molecule has 2 aromatic rings. The fraction of sp³-hybridized carbons (Fsp3) is 0.286. The molecular formula is C14H15F2N3O. The standard InChI is InChI=1S/C14H15F2N3O/c1-9-6-17-7-13(19-9)18-8-14(2,20)11-4-3-10(15)5-12(11)16/h3-7,20H,8H2,1-2H3,(H,18,19). The van der Waals surface area contributed by atoms with Gasteiger partial charge in [0, 0.05) is 24.4 Å². The average Bonchev–Trinajstić information content (AvgIpc) is 2.36. The second-order valence-electron chi connectivity index (χ2n) is 4.80. The third kappa shape index (κ3) is 3.27. The second kappa shape index (κ2) is 5.50. The molecule has 1 unspecified atom stereocenters. The molecule has 6 heteroatoms. The van der Waals surface area contributed by atoms with Gasteiger partial charge in [0.15, 0.2) is 0 Å². The van der Waals surface area contributed by atoms with Crippen molar-refractivity contribution in [3.05, 3.63) is 53.5 Å². The molecule has 1 heterocycles. The highest BCUT2D eigenvalue weighted by molar-refractivity contribution is 5.34. The van der Waals surface area contributed by atoms with E-state index in [1.165, 1.54) is 19.2 Å². The van der Waals surface area contributed by atoms with Gasteiger partial charge < -0.3 is 10.4 Å². The van der Waals surface area contributed by atoms with E-state index in [-0.39, 0.29) is 12.1 Å². The molecule has 2 rings (SSSR count). The molecule has 0 fully saturated rings. The monoisotopic (exact) mass is 279 g/mol. The lowest BCUT2D eigenvalue weighted by Crippen LogP contribution is -2.32. The smallest absolute Gasteiger partial charge is 0.144 e. The van der Waals surface area contributed by atoms with Crippen LogP contribution in [-0.2, 0) is 5.60 Å². The van der Waals surface area contributed by atoms with E-state index >= 15 is 0 Å². The van der Waals surface area contributed by atoms with Crippen LogP contribution in [0.15, 0.2) is 30.6 Å². The first-order chi connectivity index (χ1) is 9.38. The quantitative estimate of drug-likeness (QED) is 0.902. The van der Waals surface area contributed by atoms with E-state index in [9.17, 15) is 13.9 Å². The van der Waals surface area contributed by atoms with Gasteiger partial charge >= 0.3 is 0 Å². The van der Waals surface area contributed by atoms with Crippen molar-refractivity contribution in [2.45, 2.75) is 19.4 Å². The highest BCUT2D eigenvalue weighted by Crippen LogP contribution is 2.24. The summed E-state index contributed by atoms with van der Waals surface area (Å²) in [5.41, 5.74) is -0.752. The van der Waals surface area contributed by atoms with Crippen molar-refractivity contribution in [2.75, 3.05) is 11.9 Å². The predicted molar refractivity (Wildman–Crippen MR) is 71.2 cm³/mol. The molecule has 0 saturated carbocycles. The fourth-order valence-electron chi connectivity index (χ4n) is 1.83. The Morgan fingerprint density at radius 1 is 1.30 bits per heavy atom. The Hall–Kier alpha value is -2.08. The summed E-state index contributed by atoms with van der Waals surface area (Å²) in [6.07, 6.45) is 3.10. The van der Waals surface area contributed by atoms with Crippen molar-refractivity contribution in [3.8, 4) is 0 Å². The van der Waals surface area contributed by atoms with Gasteiger partial charge in [-0.2, -0.15) is 0 Å². The zero-order valence-electron chi connectivity index (χ0n) is 11.2. The summed E-state index contributed by atoms with van der Waals surface area (Å²) in [6.45, 7) is 3.25. The molecule has 0 radical (unpaired) electrons. The summed E-state index contributed by atoms with van der Waals surface area (Å²) < 4.78 is 26.6. The molecule has 1 atom stereocenters. The van der Waals surface area contributed by atoms with Crippen LogP contribution in [0.3, 0.4) is 0 Å². The van der Waals surface area contributed by atoms with Crippen LogP contribution in [0.5, 0.6) is 0 Å². The van der Waals surface area contributed by atoms with E-state index in [1.54, 1.807) is 13.1 Å². The predicted octanol–water partition coefficient (Wildman–Crippen LogP) is 2.38. The second-order valence-corrected chi connectivity index (χ2v) is 4.80. The van der Waals surface area contributed by atoms with Crippen LogP contribution in [0.2, 0.25) is 0 Å². The van der Waals surface area contributed by atoms with E-state index in [0.717, 1.165) is 17.8 Å². The number of halogens is 2. The number of hydrogen-bond acceptors (Lipinski definition) is 4. The van der Waals surface area contributed by atoms with Gasteiger partial charge in [0.2, 0.25) is 0 Å². The van der Waals surface area contributed by atoms with E-state index in [1.807, 2.05) is 0 Å². The van der Waals surface area contributed by atoms with Gasteiger partial charge in [0.1, 0.15) is 23.1 Å². The van der Waals surface area contributed by atoms with Crippen molar-refractivity contribution < 1.29 is 13.9 Å². The summed E-state index contributed by atoms with van der Waals surface area (Å²) in [4.78, 5) is 8.12. The van der Waals surface area contributed by atoms with E-state index in [4.69, 9.17) is 0 Å². The molecule has 2 N–H and O–H groups in total. The lowest BCUT2D eigenvalue weighted by Gasteiger charge is -2.25. The molecule has 20 heavy (non-hydrogen) atoms. The van der Waals surface area contributed by atoms with Gasteiger partial charge in [0.25, 0.3) is 0 Å². The molecule has 0 saturated heterocycles. The van der Waals surface area contributed by atoms with E-state index in [0.29, 0.717) is 5.82 Å². The van der Waals surface area contributed by atoms with Crippen molar-refractivity contribution in [1.82, 2.24) is 9.97 Å². The van der Waals surface area contributed by atoms with Crippen molar-refractivity contribution in [1.29, 1.82) is 0 Å². The number of hydrogen-bond donors (Lipinski definition) is 2. The summed E-state index contributed by atoms with van der Waals surface area (Å²) >= 11 is 0. The lowest BCUT2D eigenvalue weighted by molar-refractivity contribution is 0.0673. The highest BCUT2D eigenvalue weighted by atomic mass is 19.1. The van der Waals surface area contributed by atoms with Gasteiger partial charge in [-0.15, -0.1) is 0 Å². The van der Waals surface area contributed by atoms with E-state index < -0.39 is 17.2 Å². The Morgan fingerprint density at radius 2 is 2.05 bits per heavy atom. The molecule has 0 spiro atoms. The molecule has 1 aromatic heterocycles. The Bertz CT molecular complexity index is 617. The molecule has 0 amide bonds. The summed E-state index contributed by atoms with van der Waals surface area (Å²) in [5.74, 6) is -0.987. The molecule has 0 aliphatic rings. The summed E-state index contributed by atoms with van der Waals surface area (Å²) in [5, 5.41) is 13.2. The van der Waals surface area contributed by atoms with Crippen LogP contribution in [0, 0.1) is 18.6 Å². The third-order valence-electron chi connectivity index (χ3n) is 2.88. The Labute approximate surface area is 115 Å². The first kappa shape index (κ1) is 14.3. The largest absolute Gasteiger partial charge is 0.383 e. The number of rotatable bonds is 4. The van der Waals surface area contributed by atoms with Gasteiger partial charge in [-0.1, -0.05) is 6.07 Å².